The molecule has 0 radical (unpaired) electrons. The van der Waals surface area contributed by atoms with Gasteiger partial charge in [-0.2, -0.15) is 0 Å². The van der Waals surface area contributed by atoms with Crippen LogP contribution in [0.5, 0.6) is 0 Å². The monoisotopic (exact) mass is 280 g/mol. The van der Waals surface area contributed by atoms with E-state index in [1.54, 1.807) is 6.26 Å². The molecule has 1 rings (SSSR count). The molecule has 0 bridgehead atoms. The maximum atomic E-state index is 11.6. The summed E-state index contributed by atoms with van der Waals surface area (Å²) in [6, 6.07) is 3.70. The third-order valence-electron chi connectivity index (χ3n) is 2.73. The number of nitrogens with one attached hydrogen (secondary N) is 1. The minimum atomic E-state index is -0.499. The highest BCUT2D eigenvalue weighted by Crippen LogP contribution is 2.14. The number of furan rings is 1. The lowest BCUT2D eigenvalue weighted by Crippen LogP contribution is -2.37. The Morgan fingerprint density at radius 1 is 1.55 bits per heavy atom. The Morgan fingerprint density at radius 3 is 2.75 bits per heavy atom. The second-order valence-corrected chi connectivity index (χ2v) is 5.72. The molecule has 0 fully saturated rings. The number of carbonyl (C=O) groups is 1. The van der Waals surface area contributed by atoms with Gasteiger partial charge in [-0.05, 0) is 45.9 Å². The summed E-state index contributed by atoms with van der Waals surface area (Å²) < 4.78 is 10.5. The topological polar surface area (TPSA) is 77.5 Å². The number of hydrogen-bond acceptors (Lipinski definition) is 4. The smallest absolute Gasteiger partial charge is 0.407 e. The van der Waals surface area contributed by atoms with Crippen molar-refractivity contribution in [1.29, 1.82) is 0 Å². The molecule has 0 aromatic carbocycles. The summed E-state index contributed by atoms with van der Waals surface area (Å²) >= 11 is 0. The van der Waals surface area contributed by atoms with Gasteiger partial charge in [-0.25, -0.2) is 4.79 Å². The highest BCUT2D eigenvalue weighted by molar-refractivity contribution is 5.67. The molecule has 112 valence electrons. The number of ether oxygens (including phenoxy) is 1. The Morgan fingerprint density at radius 2 is 2.25 bits per heavy atom. The van der Waals surface area contributed by atoms with E-state index in [0.29, 0.717) is 13.1 Å². The predicted octanol–water partition coefficient (Wildman–Crippen LogP) is 2.78. The van der Waals surface area contributed by atoms with Crippen molar-refractivity contribution in [2.75, 3.05) is 13.1 Å². The molecule has 1 heterocycles. The second-order valence-electron chi connectivity index (χ2n) is 5.72. The highest BCUT2D eigenvalue weighted by atomic mass is 16.6. The van der Waals surface area contributed by atoms with E-state index in [9.17, 15) is 4.79 Å². The van der Waals surface area contributed by atoms with E-state index in [4.69, 9.17) is 14.9 Å². The first-order valence-electron chi connectivity index (χ1n) is 6.70. The molecule has 5 heteroatoms. The molecule has 0 aliphatic carbocycles. The summed E-state index contributed by atoms with van der Waals surface area (Å²) in [5.41, 5.74) is 6.31. The van der Waals surface area contributed by atoms with Crippen molar-refractivity contribution in [3.05, 3.63) is 29.7 Å². The lowest BCUT2D eigenvalue weighted by atomic mass is 10.00. The van der Waals surface area contributed by atoms with E-state index in [1.807, 2.05) is 45.9 Å². The van der Waals surface area contributed by atoms with Crippen molar-refractivity contribution in [3.63, 3.8) is 0 Å². The highest BCUT2D eigenvalue weighted by Gasteiger charge is 2.17. The molecular weight excluding hydrogens is 256 g/mol. The lowest BCUT2D eigenvalue weighted by Gasteiger charge is -2.21. The number of hydrogen-bond donors (Lipinski definition) is 2. The van der Waals surface area contributed by atoms with Crippen LogP contribution in [0.3, 0.4) is 0 Å². The molecule has 0 aliphatic heterocycles. The average molecular weight is 280 g/mol. The van der Waals surface area contributed by atoms with Crippen LogP contribution < -0.4 is 11.1 Å². The summed E-state index contributed by atoms with van der Waals surface area (Å²) in [6.07, 6.45) is 3.12. The fraction of sp³-hybridized carbons (Fsp3) is 0.533. The van der Waals surface area contributed by atoms with E-state index in [1.165, 1.54) is 0 Å². The van der Waals surface area contributed by atoms with Crippen molar-refractivity contribution in [2.24, 2.45) is 11.7 Å². The van der Waals surface area contributed by atoms with Gasteiger partial charge >= 0.3 is 6.09 Å². The van der Waals surface area contributed by atoms with Gasteiger partial charge in [-0.15, -0.1) is 0 Å². The van der Waals surface area contributed by atoms with Gasteiger partial charge in [-0.3, -0.25) is 0 Å². The van der Waals surface area contributed by atoms with E-state index < -0.39 is 11.7 Å². The average Bonchev–Trinajstić information content (AvgIpc) is 2.80. The molecule has 3 N–H and O–H groups in total. The number of rotatable bonds is 5. The largest absolute Gasteiger partial charge is 0.465 e. The Labute approximate surface area is 120 Å². The van der Waals surface area contributed by atoms with Crippen LogP contribution in [0.15, 0.2) is 28.4 Å². The summed E-state index contributed by atoms with van der Waals surface area (Å²) in [5.74, 6) is 0.825. The third kappa shape index (κ3) is 5.93. The number of nitrogens with two attached hydrogens (primary N) is 1. The van der Waals surface area contributed by atoms with E-state index in [0.717, 1.165) is 11.3 Å². The quantitative estimate of drug-likeness (QED) is 0.869. The fourth-order valence-electron chi connectivity index (χ4n) is 1.67. The molecule has 1 aromatic heterocycles. The van der Waals surface area contributed by atoms with Gasteiger partial charge in [0.05, 0.1) is 6.26 Å². The molecule has 5 nitrogen and oxygen atoms in total. The normalized spacial score (nSPS) is 13.9. The summed E-state index contributed by atoms with van der Waals surface area (Å²) in [7, 11) is 0. The Bertz CT molecular complexity index is 444. The van der Waals surface area contributed by atoms with Crippen LogP contribution in [0, 0.1) is 5.92 Å². The molecular formula is C15H24N2O3. The van der Waals surface area contributed by atoms with Gasteiger partial charge in [0.1, 0.15) is 11.4 Å². The molecule has 1 aromatic rings. The summed E-state index contributed by atoms with van der Waals surface area (Å²) in [6.45, 7) is 8.34. The van der Waals surface area contributed by atoms with Crippen molar-refractivity contribution >= 4 is 12.2 Å². The van der Waals surface area contributed by atoms with Crippen LogP contribution in [0.2, 0.25) is 0 Å². The van der Waals surface area contributed by atoms with Crippen LogP contribution in [0.1, 0.15) is 33.5 Å². The Balaban J connectivity index is 2.53. The van der Waals surface area contributed by atoms with Crippen molar-refractivity contribution in [3.8, 4) is 0 Å². The molecule has 1 atom stereocenters. The zero-order valence-corrected chi connectivity index (χ0v) is 12.6. The van der Waals surface area contributed by atoms with Gasteiger partial charge < -0.3 is 20.2 Å². The minimum Gasteiger partial charge on any atom is -0.465 e. The zero-order chi connectivity index (χ0) is 15.2. The van der Waals surface area contributed by atoms with Gasteiger partial charge in [0.2, 0.25) is 0 Å². The van der Waals surface area contributed by atoms with Crippen molar-refractivity contribution < 1.29 is 13.9 Å². The van der Waals surface area contributed by atoms with Crippen molar-refractivity contribution in [2.45, 2.75) is 33.3 Å². The minimum absolute atomic E-state index is 0.0487. The van der Waals surface area contributed by atoms with Crippen LogP contribution in [0.4, 0.5) is 4.79 Å². The molecule has 1 unspecified atom stereocenters. The Kier molecular flexibility index (Phi) is 5.82. The van der Waals surface area contributed by atoms with Gasteiger partial charge in [-0.1, -0.05) is 5.57 Å². The number of alkyl carbamates (subject to hydrolysis) is 1. The SMILES string of the molecule is C/C(=C\c1ccco1)C(CN)CNC(=O)OC(C)(C)C. The standard InChI is InChI=1S/C15H24N2O3/c1-11(8-13-6-5-7-19-13)12(9-16)10-17-14(18)20-15(2,3)4/h5-8,12H,9-10,16H2,1-4H3,(H,17,18)/b11-8+. The maximum Gasteiger partial charge on any atom is 0.407 e. The predicted molar refractivity (Wildman–Crippen MR) is 79.1 cm³/mol. The molecule has 1 amide bonds. The molecule has 20 heavy (non-hydrogen) atoms. The van der Waals surface area contributed by atoms with Gasteiger partial charge in [0.25, 0.3) is 0 Å². The summed E-state index contributed by atoms with van der Waals surface area (Å²) in [5, 5.41) is 2.74. The van der Waals surface area contributed by atoms with Crippen LogP contribution in [0.25, 0.3) is 6.08 Å². The van der Waals surface area contributed by atoms with E-state index in [-0.39, 0.29) is 5.92 Å². The second kappa shape index (κ2) is 7.14. The van der Waals surface area contributed by atoms with Crippen LogP contribution >= 0.6 is 0 Å². The lowest BCUT2D eigenvalue weighted by molar-refractivity contribution is 0.0522. The number of amides is 1. The molecule has 0 saturated heterocycles. The molecule has 0 aliphatic rings. The first kappa shape index (κ1) is 16.3. The third-order valence-corrected chi connectivity index (χ3v) is 2.73. The van der Waals surface area contributed by atoms with Gasteiger partial charge in [0, 0.05) is 19.0 Å². The van der Waals surface area contributed by atoms with Crippen molar-refractivity contribution in [1.82, 2.24) is 5.32 Å². The van der Waals surface area contributed by atoms with E-state index in [2.05, 4.69) is 5.32 Å². The molecule has 0 spiro atoms. The van der Waals surface area contributed by atoms with Gasteiger partial charge in [0.15, 0.2) is 0 Å². The number of carbonyl (C=O) groups excluding carboxylic acids is 1. The Hall–Kier alpha value is -1.75. The van der Waals surface area contributed by atoms with Crippen LogP contribution in [-0.4, -0.2) is 24.8 Å². The first-order chi connectivity index (χ1) is 9.31. The summed E-state index contributed by atoms with van der Waals surface area (Å²) in [4.78, 5) is 11.6. The van der Waals surface area contributed by atoms with Crippen LogP contribution in [-0.2, 0) is 4.74 Å². The fourth-order valence-corrected chi connectivity index (χ4v) is 1.67. The zero-order valence-electron chi connectivity index (χ0n) is 12.6. The maximum absolute atomic E-state index is 11.6. The first-order valence-corrected chi connectivity index (χ1v) is 6.70. The van der Waals surface area contributed by atoms with E-state index >= 15 is 0 Å². The molecule has 0 saturated carbocycles.